The van der Waals surface area contributed by atoms with Crippen LogP contribution in [-0.4, -0.2) is 50.1 Å². The second-order valence-corrected chi connectivity index (χ2v) is 6.45. The molecule has 0 radical (unpaired) electrons. The second kappa shape index (κ2) is 8.32. The van der Waals surface area contributed by atoms with Gasteiger partial charge in [0.15, 0.2) is 0 Å². The minimum Gasteiger partial charge on any atom is -0.369 e. The van der Waals surface area contributed by atoms with E-state index in [9.17, 15) is 9.18 Å². The fourth-order valence-corrected chi connectivity index (χ4v) is 3.17. The van der Waals surface area contributed by atoms with E-state index >= 15 is 0 Å². The maximum atomic E-state index is 13.0. The highest BCUT2D eigenvalue weighted by Crippen LogP contribution is 2.17. The highest BCUT2D eigenvalue weighted by atomic mass is 35.5. The van der Waals surface area contributed by atoms with Crippen LogP contribution in [-0.2, 0) is 0 Å². The molecule has 1 aliphatic rings. The Morgan fingerprint density at radius 1 is 1.04 bits per heavy atom. The first-order valence-corrected chi connectivity index (χ1v) is 8.77. The molecule has 132 valence electrons. The Balaban J connectivity index is 1.41. The molecule has 0 atom stereocenters. The van der Waals surface area contributed by atoms with Crippen molar-refractivity contribution >= 4 is 23.2 Å². The van der Waals surface area contributed by atoms with Gasteiger partial charge in [-0.3, -0.25) is 9.69 Å². The van der Waals surface area contributed by atoms with Crippen LogP contribution in [0, 0.1) is 5.82 Å². The van der Waals surface area contributed by atoms with Gasteiger partial charge in [-0.25, -0.2) is 4.39 Å². The van der Waals surface area contributed by atoms with Gasteiger partial charge in [-0.2, -0.15) is 0 Å². The number of nitrogens with zero attached hydrogens (tertiary/aromatic N) is 2. The van der Waals surface area contributed by atoms with Crippen LogP contribution in [0.2, 0.25) is 5.02 Å². The van der Waals surface area contributed by atoms with Gasteiger partial charge in [0.2, 0.25) is 0 Å². The quantitative estimate of drug-likeness (QED) is 0.889. The zero-order valence-electron chi connectivity index (χ0n) is 13.9. The summed E-state index contributed by atoms with van der Waals surface area (Å²) in [6.45, 7) is 5.00. The summed E-state index contributed by atoms with van der Waals surface area (Å²) >= 11 is 6.03. The molecule has 0 spiro atoms. The Kier molecular flexibility index (Phi) is 5.89. The van der Waals surface area contributed by atoms with Crippen LogP contribution >= 0.6 is 11.6 Å². The molecule has 1 aliphatic heterocycles. The minimum atomic E-state index is -0.211. The van der Waals surface area contributed by atoms with Crippen molar-refractivity contribution in [2.45, 2.75) is 0 Å². The summed E-state index contributed by atoms with van der Waals surface area (Å²) in [5.41, 5.74) is 1.55. The predicted molar refractivity (Wildman–Crippen MR) is 98.8 cm³/mol. The zero-order valence-corrected chi connectivity index (χ0v) is 14.7. The summed E-state index contributed by atoms with van der Waals surface area (Å²) < 4.78 is 13.0. The standard InChI is InChI=1S/C19H21ClFN3O/c20-18-4-2-1-3-17(18)19(25)22-9-10-23-11-13-24(14-12-23)16-7-5-15(21)6-8-16/h1-8H,9-14H2,(H,22,25). The van der Waals surface area contributed by atoms with Crippen molar-refractivity contribution < 1.29 is 9.18 Å². The zero-order chi connectivity index (χ0) is 17.6. The normalized spacial score (nSPS) is 15.2. The molecule has 1 amide bonds. The molecule has 1 N–H and O–H groups in total. The molecule has 0 bridgehead atoms. The molecule has 3 rings (SSSR count). The van der Waals surface area contributed by atoms with E-state index in [-0.39, 0.29) is 11.7 Å². The van der Waals surface area contributed by atoms with Crippen molar-refractivity contribution in [1.82, 2.24) is 10.2 Å². The molecular weight excluding hydrogens is 341 g/mol. The van der Waals surface area contributed by atoms with Crippen LogP contribution in [0.4, 0.5) is 10.1 Å². The van der Waals surface area contributed by atoms with E-state index in [1.165, 1.54) is 12.1 Å². The molecule has 1 fully saturated rings. The van der Waals surface area contributed by atoms with E-state index in [0.717, 1.165) is 38.4 Å². The number of anilines is 1. The third kappa shape index (κ3) is 4.71. The summed E-state index contributed by atoms with van der Waals surface area (Å²) in [5, 5.41) is 3.38. The van der Waals surface area contributed by atoms with Crippen LogP contribution in [0.15, 0.2) is 48.5 Å². The van der Waals surface area contributed by atoms with E-state index in [1.54, 1.807) is 24.3 Å². The molecule has 6 heteroatoms. The Morgan fingerprint density at radius 3 is 2.40 bits per heavy atom. The monoisotopic (exact) mass is 361 g/mol. The first kappa shape index (κ1) is 17.7. The number of hydrogen-bond acceptors (Lipinski definition) is 3. The Morgan fingerprint density at radius 2 is 1.72 bits per heavy atom. The first-order chi connectivity index (χ1) is 12.1. The highest BCUT2D eigenvalue weighted by molar-refractivity contribution is 6.33. The van der Waals surface area contributed by atoms with Gasteiger partial charge in [0.05, 0.1) is 10.6 Å². The molecule has 0 aliphatic carbocycles. The number of amides is 1. The number of carbonyl (C=O) groups is 1. The average molecular weight is 362 g/mol. The van der Waals surface area contributed by atoms with Crippen LogP contribution in [0.25, 0.3) is 0 Å². The molecule has 4 nitrogen and oxygen atoms in total. The van der Waals surface area contributed by atoms with Crippen molar-refractivity contribution in [1.29, 1.82) is 0 Å². The number of carbonyl (C=O) groups excluding carboxylic acids is 1. The van der Waals surface area contributed by atoms with Crippen LogP contribution < -0.4 is 10.2 Å². The molecule has 2 aromatic rings. The first-order valence-electron chi connectivity index (χ1n) is 8.39. The van der Waals surface area contributed by atoms with Crippen molar-refractivity contribution in [2.24, 2.45) is 0 Å². The number of nitrogens with one attached hydrogen (secondary N) is 1. The summed E-state index contributed by atoms with van der Waals surface area (Å²) in [6.07, 6.45) is 0. The van der Waals surface area contributed by atoms with E-state index in [0.29, 0.717) is 17.1 Å². The minimum absolute atomic E-state index is 0.143. The molecule has 25 heavy (non-hydrogen) atoms. The van der Waals surface area contributed by atoms with E-state index in [1.807, 2.05) is 12.1 Å². The predicted octanol–water partition coefficient (Wildman–Crippen LogP) is 3.03. The summed E-state index contributed by atoms with van der Waals surface area (Å²) in [5.74, 6) is -0.354. The van der Waals surface area contributed by atoms with E-state index < -0.39 is 0 Å². The smallest absolute Gasteiger partial charge is 0.252 e. The fourth-order valence-electron chi connectivity index (χ4n) is 2.95. The third-order valence-corrected chi connectivity index (χ3v) is 4.73. The Bertz CT molecular complexity index is 715. The molecule has 0 saturated carbocycles. The lowest BCUT2D eigenvalue weighted by atomic mass is 10.2. The Labute approximate surface area is 152 Å². The maximum absolute atomic E-state index is 13.0. The summed E-state index contributed by atoms with van der Waals surface area (Å²) in [4.78, 5) is 16.7. The summed E-state index contributed by atoms with van der Waals surface area (Å²) in [7, 11) is 0. The fraction of sp³-hybridized carbons (Fsp3) is 0.316. The van der Waals surface area contributed by atoms with E-state index in [2.05, 4.69) is 15.1 Å². The lowest BCUT2D eigenvalue weighted by Gasteiger charge is -2.36. The van der Waals surface area contributed by atoms with Crippen LogP contribution in [0.5, 0.6) is 0 Å². The van der Waals surface area contributed by atoms with Crippen LogP contribution in [0.1, 0.15) is 10.4 Å². The van der Waals surface area contributed by atoms with Crippen molar-refractivity contribution in [3.63, 3.8) is 0 Å². The topological polar surface area (TPSA) is 35.6 Å². The molecular formula is C19H21ClFN3O. The number of halogens is 2. The SMILES string of the molecule is O=C(NCCN1CCN(c2ccc(F)cc2)CC1)c1ccccc1Cl. The molecule has 1 saturated heterocycles. The number of rotatable bonds is 5. The summed E-state index contributed by atoms with van der Waals surface area (Å²) in [6, 6.07) is 13.7. The lowest BCUT2D eigenvalue weighted by molar-refractivity contribution is 0.0948. The van der Waals surface area contributed by atoms with Gasteiger partial charge in [-0.1, -0.05) is 23.7 Å². The number of benzene rings is 2. The van der Waals surface area contributed by atoms with Gasteiger partial charge in [0, 0.05) is 45.0 Å². The van der Waals surface area contributed by atoms with Gasteiger partial charge in [0.25, 0.3) is 5.91 Å². The van der Waals surface area contributed by atoms with Gasteiger partial charge >= 0.3 is 0 Å². The van der Waals surface area contributed by atoms with Crippen molar-refractivity contribution in [2.75, 3.05) is 44.2 Å². The third-order valence-electron chi connectivity index (χ3n) is 4.40. The highest BCUT2D eigenvalue weighted by Gasteiger charge is 2.17. The van der Waals surface area contributed by atoms with Crippen molar-refractivity contribution in [3.8, 4) is 0 Å². The van der Waals surface area contributed by atoms with Crippen molar-refractivity contribution in [3.05, 3.63) is 64.9 Å². The Hall–Kier alpha value is -2.11. The van der Waals surface area contributed by atoms with E-state index in [4.69, 9.17) is 11.6 Å². The number of piperazine rings is 1. The molecule has 1 heterocycles. The lowest BCUT2D eigenvalue weighted by Crippen LogP contribution is -2.48. The van der Waals surface area contributed by atoms with Gasteiger partial charge in [0.1, 0.15) is 5.82 Å². The van der Waals surface area contributed by atoms with Gasteiger partial charge in [-0.05, 0) is 36.4 Å². The largest absolute Gasteiger partial charge is 0.369 e. The van der Waals surface area contributed by atoms with Gasteiger partial charge < -0.3 is 10.2 Å². The number of hydrogen-bond donors (Lipinski definition) is 1. The second-order valence-electron chi connectivity index (χ2n) is 6.04. The maximum Gasteiger partial charge on any atom is 0.252 e. The molecule has 0 unspecified atom stereocenters. The molecule has 0 aromatic heterocycles. The molecule has 2 aromatic carbocycles. The average Bonchev–Trinajstić information content (AvgIpc) is 2.63. The van der Waals surface area contributed by atoms with Crippen LogP contribution in [0.3, 0.4) is 0 Å². The van der Waals surface area contributed by atoms with Gasteiger partial charge in [-0.15, -0.1) is 0 Å².